The summed E-state index contributed by atoms with van der Waals surface area (Å²) >= 11 is 0. The summed E-state index contributed by atoms with van der Waals surface area (Å²) in [7, 11) is 0. The van der Waals surface area contributed by atoms with Gasteiger partial charge in [0, 0.05) is 52.4 Å². The highest BCUT2D eigenvalue weighted by atomic mass is 19.2. The van der Waals surface area contributed by atoms with Crippen molar-refractivity contribution in [3.05, 3.63) is 82.4 Å². The predicted octanol–water partition coefficient (Wildman–Crippen LogP) is 5.67. The summed E-state index contributed by atoms with van der Waals surface area (Å²) < 4.78 is 54.9. The number of hydrogen-bond acceptors (Lipinski definition) is 6. The van der Waals surface area contributed by atoms with Gasteiger partial charge in [-0.25, -0.2) is 13.2 Å². The molecular formula is C31H28F3N5O4. The van der Waals surface area contributed by atoms with Gasteiger partial charge >= 0.3 is 0 Å². The van der Waals surface area contributed by atoms with Crippen molar-refractivity contribution < 1.29 is 32.0 Å². The van der Waals surface area contributed by atoms with Gasteiger partial charge in [0.25, 0.3) is 5.91 Å². The second-order valence-electron chi connectivity index (χ2n) is 11.8. The number of fused-ring (bicyclic) bond motifs is 1. The summed E-state index contributed by atoms with van der Waals surface area (Å²) in [5.41, 5.74) is 2.80. The van der Waals surface area contributed by atoms with Gasteiger partial charge in [-0.2, -0.15) is 0 Å². The molecule has 3 aliphatic rings. The summed E-state index contributed by atoms with van der Waals surface area (Å²) in [6, 6.07) is 1.88. The van der Waals surface area contributed by atoms with Crippen molar-refractivity contribution in [1.29, 1.82) is 0 Å². The minimum absolute atomic E-state index is 0.0717. The van der Waals surface area contributed by atoms with Crippen molar-refractivity contribution in [2.24, 2.45) is 5.41 Å². The average molecular weight is 592 g/mol. The second-order valence-corrected chi connectivity index (χ2v) is 11.8. The van der Waals surface area contributed by atoms with Crippen LogP contribution >= 0.6 is 0 Å². The van der Waals surface area contributed by atoms with E-state index in [0.29, 0.717) is 24.1 Å². The van der Waals surface area contributed by atoms with Gasteiger partial charge in [0.15, 0.2) is 17.5 Å². The first-order chi connectivity index (χ1) is 20.6. The lowest BCUT2D eigenvalue weighted by Crippen LogP contribution is -2.52. The Bertz CT molecular complexity index is 1760. The first kappa shape index (κ1) is 27.2. The van der Waals surface area contributed by atoms with Crippen LogP contribution in [0.3, 0.4) is 0 Å². The first-order valence-electron chi connectivity index (χ1n) is 14.1. The lowest BCUT2D eigenvalue weighted by molar-refractivity contribution is -0.119. The monoisotopic (exact) mass is 591 g/mol. The van der Waals surface area contributed by atoms with E-state index in [1.165, 1.54) is 12.5 Å². The zero-order valence-electron chi connectivity index (χ0n) is 23.4. The van der Waals surface area contributed by atoms with Crippen molar-refractivity contribution in [1.82, 2.24) is 20.4 Å². The van der Waals surface area contributed by atoms with Crippen LogP contribution in [-0.2, 0) is 4.79 Å². The number of carbonyl (C=O) groups is 2. The van der Waals surface area contributed by atoms with Gasteiger partial charge in [-0.1, -0.05) is 5.16 Å². The van der Waals surface area contributed by atoms with Gasteiger partial charge in [0.2, 0.25) is 5.91 Å². The molecule has 43 heavy (non-hydrogen) atoms. The highest BCUT2D eigenvalue weighted by Crippen LogP contribution is 2.61. The number of benzene rings is 1. The summed E-state index contributed by atoms with van der Waals surface area (Å²) in [5.74, 6) is -4.64. The lowest BCUT2D eigenvalue weighted by atomic mass is 9.75. The molecule has 0 bridgehead atoms. The third-order valence-corrected chi connectivity index (χ3v) is 8.78. The van der Waals surface area contributed by atoms with Gasteiger partial charge in [-0.15, -0.1) is 0 Å². The van der Waals surface area contributed by atoms with Crippen LogP contribution in [0.25, 0.3) is 11.3 Å². The number of aromatic nitrogens is 3. The standard InChI is InChI=1S/C31H28F3N5O4/c1-14-10-35-15(2)24(14)27-22(34)7-17(11-36-27)37-30(41)28(38-29(40)19-12-43-39-26(19)16-3-4-16)25-18-8-20(32)21(33)9-23(18)42-13-31(25)5-6-31/h7-12,16,25,28,35H,3-6,13H2,1-2H3,(H,37,41)(H,38,40)/t25?,28-/m0/s1. The van der Waals surface area contributed by atoms with Gasteiger partial charge in [-0.05, 0) is 51.2 Å². The molecule has 2 aliphatic carbocycles. The zero-order valence-corrected chi connectivity index (χ0v) is 23.4. The van der Waals surface area contributed by atoms with Crippen LogP contribution in [-0.4, -0.2) is 39.6 Å². The molecule has 1 unspecified atom stereocenters. The van der Waals surface area contributed by atoms with Crippen LogP contribution in [0.1, 0.15) is 70.4 Å². The summed E-state index contributed by atoms with van der Waals surface area (Å²) in [6.45, 7) is 3.81. The Balaban J connectivity index is 1.25. The number of halogens is 3. The highest BCUT2D eigenvalue weighted by Gasteiger charge is 2.58. The van der Waals surface area contributed by atoms with E-state index in [1.54, 1.807) is 6.20 Å². The molecule has 4 heterocycles. The summed E-state index contributed by atoms with van der Waals surface area (Å²) in [5, 5.41) is 9.50. The molecule has 1 aliphatic heterocycles. The SMILES string of the molecule is Cc1c[nH]c(C)c1-c1ncc(NC(=O)[C@@H](NC(=O)c2conc2C2CC2)C2c3cc(F)c(F)cc3OCC23CC3)cc1F. The molecule has 2 amide bonds. The minimum Gasteiger partial charge on any atom is -0.493 e. The Morgan fingerprint density at radius 3 is 2.53 bits per heavy atom. The van der Waals surface area contributed by atoms with E-state index < -0.39 is 46.6 Å². The Morgan fingerprint density at radius 1 is 1.09 bits per heavy atom. The van der Waals surface area contributed by atoms with Crippen molar-refractivity contribution in [2.75, 3.05) is 11.9 Å². The van der Waals surface area contributed by atoms with E-state index >= 15 is 4.39 Å². The number of H-pyrrole nitrogens is 1. The predicted molar refractivity (Wildman–Crippen MR) is 148 cm³/mol. The number of aryl methyl sites for hydroxylation is 2. The number of aromatic amines is 1. The van der Waals surface area contributed by atoms with Crippen molar-refractivity contribution in [2.45, 2.75) is 57.4 Å². The van der Waals surface area contributed by atoms with Crippen molar-refractivity contribution in [3.63, 3.8) is 0 Å². The molecule has 7 rings (SSSR count). The van der Waals surface area contributed by atoms with E-state index in [4.69, 9.17) is 9.26 Å². The lowest BCUT2D eigenvalue weighted by Gasteiger charge is -2.38. The van der Waals surface area contributed by atoms with Crippen LogP contribution in [0.2, 0.25) is 0 Å². The maximum Gasteiger partial charge on any atom is 0.257 e. The third kappa shape index (κ3) is 4.74. The smallest absolute Gasteiger partial charge is 0.257 e. The molecule has 4 aromatic rings. The molecule has 12 heteroatoms. The number of carbonyl (C=O) groups excluding carboxylic acids is 2. The fourth-order valence-electron chi connectivity index (χ4n) is 6.22. The molecule has 1 spiro atoms. The number of ether oxygens (including phenoxy) is 1. The van der Waals surface area contributed by atoms with Crippen LogP contribution in [0.4, 0.5) is 18.9 Å². The maximum atomic E-state index is 15.3. The number of anilines is 1. The molecule has 2 saturated carbocycles. The molecule has 9 nitrogen and oxygen atoms in total. The molecule has 0 saturated heterocycles. The van der Waals surface area contributed by atoms with Crippen molar-refractivity contribution >= 4 is 17.5 Å². The fraction of sp³-hybridized carbons (Fsp3) is 0.355. The largest absolute Gasteiger partial charge is 0.493 e. The molecule has 0 radical (unpaired) electrons. The van der Waals surface area contributed by atoms with E-state index in [0.717, 1.165) is 42.3 Å². The van der Waals surface area contributed by atoms with E-state index in [9.17, 15) is 18.4 Å². The maximum absolute atomic E-state index is 15.3. The quantitative estimate of drug-likeness (QED) is 0.255. The Morgan fingerprint density at radius 2 is 1.86 bits per heavy atom. The number of nitrogens with one attached hydrogen (secondary N) is 3. The molecule has 3 aromatic heterocycles. The molecule has 2 fully saturated rings. The van der Waals surface area contributed by atoms with Gasteiger partial charge in [0.1, 0.15) is 29.3 Å². The number of hydrogen-bond donors (Lipinski definition) is 3. The normalized spacial score (nSPS) is 19.0. The number of amides is 2. The molecule has 1 aromatic carbocycles. The Kier molecular flexibility index (Phi) is 6.33. The van der Waals surface area contributed by atoms with Gasteiger partial charge < -0.3 is 24.9 Å². The van der Waals surface area contributed by atoms with Gasteiger partial charge in [-0.3, -0.25) is 14.6 Å². The minimum atomic E-state index is -1.26. The number of nitrogens with zero attached hydrogens (tertiary/aromatic N) is 2. The van der Waals surface area contributed by atoms with E-state index in [1.807, 2.05) is 13.8 Å². The average Bonchev–Trinajstić information content (AvgIpc) is 3.89. The third-order valence-electron chi connectivity index (χ3n) is 8.78. The van der Waals surface area contributed by atoms with E-state index in [-0.39, 0.29) is 40.8 Å². The highest BCUT2D eigenvalue weighted by molar-refractivity contribution is 6.02. The molecule has 2 atom stereocenters. The number of rotatable bonds is 7. The molecule has 222 valence electrons. The van der Waals surface area contributed by atoms with Crippen molar-refractivity contribution in [3.8, 4) is 17.0 Å². The first-order valence-corrected chi connectivity index (χ1v) is 14.1. The fourth-order valence-corrected chi connectivity index (χ4v) is 6.22. The second kappa shape index (κ2) is 9.99. The Labute approximate surface area is 244 Å². The van der Waals surface area contributed by atoms with Gasteiger partial charge in [0.05, 0.1) is 24.2 Å². The number of pyridine rings is 1. The zero-order chi connectivity index (χ0) is 30.0. The summed E-state index contributed by atoms with van der Waals surface area (Å²) in [4.78, 5) is 34.9. The molecule has 3 N–H and O–H groups in total. The van der Waals surface area contributed by atoms with E-state index in [2.05, 4.69) is 25.8 Å². The molecular weight excluding hydrogens is 563 g/mol. The van der Waals surface area contributed by atoms with Crippen LogP contribution in [0, 0.1) is 36.7 Å². The van der Waals surface area contributed by atoms with Crippen LogP contribution in [0.5, 0.6) is 5.75 Å². The summed E-state index contributed by atoms with van der Waals surface area (Å²) in [6.07, 6.45) is 7.37. The topological polar surface area (TPSA) is 122 Å². The Hall–Kier alpha value is -4.61. The van der Waals surface area contributed by atoms with Crippen LogP contribution in [0.15, 0.2) is 41.4 Å². The van der Waals surface area contributed by atoms with Crippen LogP contribution < -0.4 is 15.4 Å².